The van der Waals surface area contributed by atoms with E-state index in [0.717, 1.165) is 34.6 Å². The molecule has 1 aliphatic rings. The summed E-state index contributed by atoms with van der Waals surface area (Å²) in [5, 5.41) is 7.50. The lowest BCUT2D eigenvalue weighted by Crippen LogP contribution is -2.22. The number of fused-ring (bicyclic) bond motifs is 3. The third kappa shape index (κ3) is 4.34. The molecule has 2 N–H and O–H groups in total. The normalized spacial score (nSPS) is 13.0. The van der Waals surface area contributed by atoms with Gasteiger partial charge in [-0.05, 0) is 66.6 Å². The molecule has 0 unspecified atom stereocenters. The Kier molecular flexibility index (Phi) is 5.81. The molecule has 0 saturated carbocycles. The number of aromatic nitrogens is 2. The highest BCUT2D eigenvalue weighted by Gasteiger charge is 2.19. The van der Waals surface area contributed by atoms with Crippen LogP contribution in [0.3, 0.4) is 0 Å². The maximum absolute atomic E-state index is 13.0. The smallest absolute Gasteiger partial charge is 0.251 e. The maximum Gasteiger partial charge on any atom is 0.251 e. The molecule has 0 atom stereocenters. The zero-order chi connectivity index (χ0) is 21.9. The number of anilines is 1. The predicted octanol–water partition coefficient (Wildman–Crippen LogP) is 5.25. The Bertz CT molecular complexity index is 1250. The van der Waals surface area contributed by atoms with E-state index in [1.165, 1.54) is 40.8 Å². The van der Waals surface area contributed by atoms with Crippen LogP contribution in [0, 0.1) is 5.82 Å². The molecule has 2 aromatic carbocycles. The Morgan fingerprint density at radius 3 is 2.47 bits per heavy atom. The first kappa shape index (κ1) is 20.6. The number of aryl methyl sites for hydroxylation is 2. The molecule has 4 aromatic rings. The number of carbonyl (C=O) groups is 1. The second kappa shape index (κ2) is 9.04. The number of hydrogen-bond acceptors (Lipinski definition) is 5. The van der Waals surface area contributed by atoms with Crippen molar-refractivity contribution in [2.24, 2.45) is 0 Å². The van der Waals surface area contributed by atoms with Crippen LogP contribution in [0.15, 0.2) is 54.9 Å². The Hall–Kier alpha value is -3.32. The average Bonchev–Trinajstić information content (AvgIpc) is 3.22. The lowest BCUT2D eigenvalue weighted by atomic mass is 9.97. The van der Waals surface area contributed by atoms with Gasteiger partial charge in [0.15, 0.2) is 0 Å². The number of benzene rings is 2. The summed E-state index contributed by atoms with van der Waals surface area (Å²) in [6.07, 6.45) is 6.33. The van der Waals surface area contributed by atoms with Crippen molar-refractivity contribution >= 4 is 33.3 Å². The van der Waals surface area contributed by atoms with Crippen LogP contribution in [0.25, 0.3) is 10.2 Å². The summed E-state index contributed by atoms with van der Waals surface area (Å²) in [5.74, 6) is 0.442. The first-order valence-corrected chi connectivity index (χ1v) is 11.6. The molecule has 7 heteroatoms. The van der Waals surface area contributed by atoms with Crippen molar-refractivity contribution in [2.75, 3.05) is 5.32 Å². The number of amides is 1. The summed E-state index contributed by atoms with van der Waals surface area (Å²) >= 11 is 1.79. The van der Waals surface area contributed by atoms with Gasteiger partial charge >= 0.3 is 0 Å². The molecule has 162 valence electrons. The van der Waals surface area contributed by atoms with Crippen LogP contribution in [-0.2, 0) is 25.9 Å². The van der Waals surface area contributed by atoms with E-state index in [-0.39, 0.29) is 11.7 Å². The van der Waals surface area contributed by atoms with E-state index in [1.54, 1.807) is 29.8 Å². The number of hydrogen-bond donors (Lipinski definition) is 2. The van der Waals surface area contributed by atoms with Gasteiger partial charge in [0.25, 0.3) is 5.91 Å². The van der Waals surface area contributed by atoms with Gasteiger partial charge < -0.3 is 10.6 Å². The topological polar surface area (TPSA) is 66.9 Å². The lowest BCUT2D eigenvalue weighted by Gasteiger charge is -2.12. The van der Waals surface area contributed by atoms with Gasteiger partial charge in [-0.2, -0.15) is 0 Å². The predicted molar refractivity (Wildman–Crippen MR) is 125 cm³/mol. The van der Waals surface area contributed by atoms with Gasteiger partial charge in [0.05, 0.1) is 5.39 Å². The van der Waals surface area contributed by atoms with E-state index in [4.69, 9.17) is 0 Å². The number of carbonyl (C=O) groups excluding carboxylic acids is 1. The molecule has 2 heterocycles. The molecular formula is C25H23FN4OS. The molecule has 0 fully saturated rings. The van der Waals surface area contributed by atoms with Crippen molar-refractivity contribution in [1.29, 1.82) is 0 Å². The SMILES string of the molecule is O=C(NCc1ccc(F)cc1)c1ccc(CNc2ncnc3sc4c(c23)CCCC4)cc1. The Morgan fingerprint density at radius 2 is 1.66 bits per heavy atom. The fourth-order valence-electron chi connectivity index (χ4n) is 4.07. The quantitative estimate of drug-likeness (QED) is 0.424. The second-order valence-electron chi connectivity index (χ2n) is 7.97. The van der Waals surface area contributed by atoms with Crippen molar-refractivity contribution in [3.05, 3.63) is 87.8 Å². The molecule has 5 rings (SSSR count). The minimum absolute atomic E-state index is 0.156. The van der Waals surface area contributed by atoms with Gasteiger partial charge in [-0.25, -0.2) is 14.4 Å². The third-order valence-corrected chi connectivity index (χ3v) is 6.99. The maximum atomic E-state index is 13.0. The molecule has 32 heavy (non-hydrogen) atoms. The van der Waals surface area contributed by atoms with Crippen LogP contribution >= 0.6 is 11.3 Å². The molecule has 0 radical (unpaired) electrons. The minimum Gasteiger partial charge on any atom is -0.365 e. The first-order valence-electron chi connectivity index (χ1n) is 10.8. The highest BCUT2D eigenvalue weighted by molar-refractivity contribution is 7.19. The third-order valence-electron chi connectivity index (χ3n) is 5.79. The minimum atomic E-state index is -0.286. The second-order valence-corrected chi connectivity index (χ2v) is 9.06. The number of nitrogens with zero attached hydrogens (tertiary/aromatic N) is 2. The molecule has 0 spiro atoms. The number of nitrogens with one attached hydrogen (secondary N) is 2. The van der Waals surface area contributed by atoms with Crippen LogP contribution in [0.1, 0.15) is 44.8 Å². The zero-order valence-electron chi connectivity index (χ0n) is 17.5. The van der Waals surface area contributed by atoms with Crippen molar-refractivity contribution < 1.29 is 9.18 Å². The van der Waals surface area contributed by atoms with Crippen LogP contribution in [0.2, 0.25) is 0 Å². The van der Waals surface area contributed by atoms with Gasteiger partial charge in [0.2, 0.25) is 0 Å². The monoisotopic (exact) mass is 446 g/mol. The van der Waals surface area contributed by atoms with E-state index in [0.29, 0.717) is 18.7 Å². The highest BCUT2D eigenvalue weighted by atomic mass is 32.1. The molecular weight excluding hydrogens is 423 g/mol. The zero-order valence-corrected chi connectivity index (χ0v) is 18.3. The summed E-state index contributed by atoms with van der Waals surface area (Å²) in [7, 11) is 0. The molecule has 1 amide bonds. The van der Waals surface area contributed by atoms with Gasteiger partial charge in [-0.15, -0.1) is 11.3 Å². The van der Waals surface area contributed by atoms with E-state index in [1.807, 2.05) is 24.3 Å². The van der Waals surface area contributed by atoms with Gasteiger partial charge in [0, 0.05) is 23.5 Å². The van der Waals surface area contributed by atoms with Crippen LogP contribution < -0.4 is 10.6 Å². The van der Waals surface area contributed by atoms with Crippen molar-refractivity contribution in [3.8, 4) is 0 Å². The molecule has 0 saturated heterocycles. The van der Waals surface area contributed by atoms with E-state index in [2.05, 4.69) is 20.6 Å². The van der Waals surface area contributed by atoms with E-state index >= 15 is 0 Å². The summed E-state index contributed by atoms with van der Waals surface area (Å²) in [5.41, 5.74) is 3.92. The molecule has 0 aliphatic heterocycles. The molecule has 0 bridgehead atoms. The standard InChI is InChI=1S/C25H23FN4OS/c26-19-11-7-17(8-12-19)14-28-24(31)18-9-5-16(6-10-18)13-27-23-22-20-3-1-2-4-21(20)32-25(22)30-15-29-23/h5-12,15H,1-4,13-14H2,(H,28,31)(H,27,29,30). The van der Waals surface area contributed by atoms with Crippen molar-refractivity contribution in [3.63, 3.8) is 0 Å². The average molecular weight is 447 g/mol. The fourth-order valence-corrected chi connectivity index (χ4v) is 5.30. The Labute approximate surface area is 189 Å². The number of rotatable bonds is 6. The van der Waals surface area contributed by atoms with Gasteiger partial charge in [-0.3, -0.25) is 4.79 Å². The number of halogens is 1. The summed E-state index contributed by atoms with van der Waals surface area (Å²) in [4.78, 5) is 23.9. The molecule has 1 aliphatic carbocycles. The first-order chi connectivity index (χ1) is 15.7. The van der Waals surface area contributed by atoms with Crippen LogP contribution in [0.5, 0.6) is 0 Å². The van der Waals surface area contributed by atoms with E-state index in [9.17, 15) is 9.18 Å². The van der Waals surface area contributed by atoms with Crippen molar-refractivity contribution in [2.45, 2.75) is 38.8 Å². The molecule has 2 aromatic heterocycles. The summed E-state index contributed by atoms with van der Waals surface area (Å²) < 4.78 is 13.0. The molecule has 5 nitrogen and oxygen atoms in total. The van der Waals surface area contributed by atoms with Gasteiger partial charge in [0.1, 0.15) is 22.8 Å². The largest absolute Gasteiger partial charge is 0.365 e. The van der Waals surface area contributed by atoms with Crippen LogP contribution in [0.4, 0.5) is 10.2 Å². The lowest BCUT2D eigenvalue weighted by molar-refractivity contribution is 0.0951. The number of thiophene rings is 1. The highest BCUT2D eigenvalue weighted by Crippen LogP contribution is 2.38. The van der Waals surface area contributed by atoms with E-state index < -0.39 is 0 Å². The Morgan fingerprint density at radius 1 is 0.938 bits per heavy atom. The summed E-state index contributed by atoms with van der Waals surface area (Å²) in [6.45, 7) is 0.977. The van der Waals surface area contributed by atoms with Crippen molar-refractivity contribution in [1.82, 2.24) is 15.3 Å². The van der Waals surface area contributed by atoms with Crippen LogP contribution in [-0.4, -0.2) is 15.9 Å². The fraction of sp³-hybridized carbons (Fsp3) is 0.240. The Balaban J connectivity index is 1.23. The van der Waals surface area contributed by atoms with Gasteiger partial charge in [-0.1, -0.05) is 24.3 Å². The summed E-state index contributed by atoms with van der Waals surface area (Å²) in [6, 6.07) is 13.6.